The van der Waals surface area contributed by atoms with E-state index in [9.17, 15) is 4.79 Å². The van der Waals surface area contributed by atoms with Crippen LogP contribution >= 0.6 is 11.8 Å². The molecular weight excluding hydrogens is 286 g/mol. The summed E-state index contributed by atoms with van der Waals surface area (Å²) in [5.41, 5.74) is 0.888. The molecule has 2 aromatic rings. The zero-order valence-electron chi connectivity index (χ0n) is 12.0. The summed E-state index contributed by atoms with van der Waals surface area (Å²) in [5, 5.41) is 13.2. The first-order valence-electron chi connectivity index (χ1n) is 6.93. The summed E-state index contributed by atoms with van der Waals surface area (Å²) < 4.78 is 0. The fourth-order valence-electron chi connectivity index (χ4n) is 2.09. The molecule has 0 fully saturated rings. The number of fused-ring (bicyclic) bond motifs is 1. The summed E-state index contributed by atoms with van der Waals surface area (Å²) in [4.78, 5) is 19.3. The summed E-state index contributed by atoms with van der Waals surface area (Å²) in [7, 11) is 0. The van der Waals surface area contributed by atoms with E-state index in [1.807, 2.05) is 11.8 Å². The number of aromatic nitrogens is 2. The number of carboxylic acid groups (broad SMARTS) is 1. The van der Waals surface area contributed by atoms with Gasteiger partial charge in [-0.3, -0.25) is 0 Å². The second kappa shape index (κ2) is 7.83. The van der Waals surface area contributed by atoms with E-state index in [1.54, 1.807) is 18.2 Å². The van der Waals surface area contributed by atoms with Gasteiger partial charge in [0.15, 0.2) is 0 Å². The Morgan fingerprint density at radius 2 is 2.14 bits per heavy atom. The van der Waals surface area contributed by atoms with E-state index < -0.39 is 5.97 Å². The minimum absolute atomic E-state index is 0.240. The molecule has 1 aromatic carbocycles. The maximum Gasteiger partial charge on any atom is 0.335 e. The second-order valence-corrected chi connectivity index (χ2v) is 5.73. The predicted octanol–water partition coefficient (Wildman–Crippen LogP) is 3.27. The summed E-state index contributed by atoms with van der Waals surface area (Å²) in [5.74, 6) is 1.02. The number of nitrogens with one attached hydrogen (secondary N) is 1. The molecule has 0 amide bonds. The Hall–Kier alpha value is -1.82. The second-order valence-electron chi connectivity index (χ2n) is 4.74. The van der Waals surface area contributed by atoms with Gasteiger partial charge in [0.25, 0.3) is 0 Å². The van der Waals surface area contributed by atoms with Gasteiger partial charge in [-0.1, -0.05) is 6.42 Å². The first-order chi connectivity index (χ1) is 10.2. The molecule has 0 spiro atoms. The number of anilines is 1. The smallest absolute Gasteiger partial charge is 0.335 e. The van der Waals surface area contributed by atoms with Gasteiger partial charge in [0, 0.05) is 11.9 Å². The molecule has 2 N–H and O–H groups in total. The summed E-state index contributed by atoms with van der Waals surface area (Å²) in [6.45, 7) is 0.862. The van der Waals surface area contributed by atoms with Crippen LogP contribution in [-0.2, 0) is 0 Å². The number of aromatic carboxylic acids is 1. The SMILES string of the molecule is CSCCCCCNc1ncnc2cc(C(=O)O)ccc12. The standard InChI is InChI=1S/C15H19N3O2S/c1-21-8-4-2-3-7-16-14-12-6-5-11(15(19)20)9-13(12)17-10-18-14/h5-6,9-10H,2-4,7-8H2,1H3,(H,19,20)(H,16,17,18). The topological polar surface area (TPSA) is 75.1 Å². The van der Waals surface area contributed by atoms with Crippen LogP contribution in [0.25, 0.3) is 10.9 Å². The fourth-order valence-corrected chi connectivity index (χ4v) is 2.58. The number of rotatable bonds is 8. The largest absolute Gasteiger partial charge is 0.478 e. The zero-order valence-corrected chi connectivity index (χ0v) is 12.8. The Bertz CT molecular complexity index is 619. The highest BCUT2D eigenvalue weighted by Gasteiger charge is 2.07. The number of benzene rings is 1. The van der Waals surface area contributed by atoms with E-state index in [0.717, 1.165) is 24.2 Å². The highest BCUT2D eigenvalue weighted by Crippen LogP contribution is 2.20. The quantitative estimate of drug-likeness (QED) is 0.729. The van der Waals surface area contributed by atoms with Gasteiger partial charge in [0.1, 0.15) is 12.1 Å². The van der Waals surface area contributed by atoms with Crippen LogP contribution in [-0.4, -0.2) is 39.6 Å². The van der Waals surface area contributed by atoms with Gasteiger partial charge in [0.2, 0.25) is 0 Å². The lowest BCUT2D eigenvalue weighted by molar-refractivity contribution is 0.0697. The molecule has 21 heavy (non-hydrogen) atoms. The van der Waals surface area contributed by atoms with Gasteiger partial charge in [-0.25, -0.2) is 14.8 Å². The van der Waals surface area contributed by atoms with Crippen molar-refractivity contribution < 1.29 is 9.90 Å². The number of unbranched alkanes of at least 4 members (excludes halogenated alkanes) is 2. The van der Waals surface area contributed by atoms with Crippen molar-refractivity contribution >= 4 is 34.5 Å². The Morgan fingerprint density at radius 3 is 2.90 bits per heavy atom. The van der Waals surface area contributed by atoms with E-state index in [2.05, 4.69) is 21.5 Å². The average Bonchev–Trinajstić information content (AvgIpc) is 2.50. The van der Waals surface area contributed by atoms with Gasteiger partial charge in [-0.05, 0) is 43.0 Å². The number of thioether (sulfide) groups is 1. The zero-order chi connectivity index (χ0) is 15.1. The van der Waals surface area contributed by atoms with Crippen molar-refractivity contribution in [2.24, 2.45) is 0 Å². The number of nitrogens with zero attached hydrogens (tertiary/aromatic N) is 2. The first kappa shape index (κ1) is 15.6. The molecule has 0 aliphatic carbocycles. The molecule has 0 radical (unpaired) electrons. The molecule has 0 atom stereocenters. The third-order valence-electron chi connectivity index (χ3n) is 3.20. The summed E-state index contributed by atoms with van der Waals surface area (Å²) >= 11 is 1.87. The fraction of sp³-hybridized carbons (Fsp3) is 0.400. The maximum atomic E-state index is 11.0. The van der Waals surface area contributed by atoms with Gasteiger partial charge >= 0.3 is 5.97 Å². The lowest BCUT2D eigenvalue weighted by Crippen LogP contribution is -2.05. The maximum absolute atomic E-state index is 11.0. The molecule has 6 heteroatoms. The van der Waals surface area contributed by atoms with Gasteiger partial charge < -0.3 is 10.4 Å². The molecule has 0 unspecified atom stereocenters. The van der Waals surface area contributed by atoms with Crippen molar-refractivity contribution in [3.63, 3.8) is 0 Å². The van der Waals surface area contributed by atoms with Crippen molar-refractivity contribution in [2.75, 3.05) is 23.9 Å². The van der Waals surface area contributed by atoms with Crippen molar-refractivity contribution in [1.82, 2.24) is 9.97 Å². The van der Waals surface area contributed by atoms with Crippen LogP contribution in [0.1, 0.15) is 29.6 Å². The molecule has 112 valence electrons. The van der Waals surface area contributed by atoms with Gasteiger partial charge in [-0.2, -0.15) is 11.8 Å². The van der Waals surface area contributed by atoms with Crippen LogP contribution in [0.3, 0.4) is 0 Å². The predicted molar refractivity (Wildman–Crippen MR) is 87.2 cm³/mol. The van der Waals surface area contributed by atoms with E-state index in [-0.39, 0.29) is 5.56 Å². The van der Waals surface area contributed by atoms with Crippen molar-refractivity contribution in [1.29, 1.82) is 0 Å². The first-order valence-corrected chi connectivity index (χ1v) is 8.32. The highest BCUT2D eigenvalue weighted by molar-refractivity contribution is 7.98. The third-order valence-corrected chi connectivity index (χ3v) is 3.90. The van der Waals surface area contributed by atoms with Crippen LogP contribution in [0.5, 0.6) is 0 Å². The number of hydrogen-bond acceptors (Lipinski definition) is 5. The lowest BCUT2D eigenvalue weighted by Gasteiger charge is -2.08. The monoisotopic (exact) mass is 305 g/mol. The molecule has 0 aliphatic rings. The van der Waals surface area contributed by atoms with E-state index in [4.69, 9.17) is 5.11 Å². The minimum Gasteiger partial charge on any atom is -0.478 e. The molecule has 0 bridgehead atoms. The van der Waals surface area contributed by atoms with Crippen LogP contribution in [0.2, 0.25) is 0 Å². The van der Waals surface area contributed by atoms with Crippen molar-refractivity contribution in [3.05, 3.63) is 30.1 Å². The molecule has 5 nitrogen and oxygen atoms in total. The van der Waals surface area contributed by atoms with Gasteiger partial charge in [-0.15, -0.1) is 0 Å². The Balaban J connectivity index is 2.01. The molecule has 0 aliphatic heterocycles. The average molecular weight is 305 g/mol. The minimum atomic E-state index is -0.946. The Labute approximate surface area is 128 Å². The Kier molecular flexibility index (Phi) is 5.80. The highest BCUT2D eigenvalue weighted by atomic mass is 32.2. The number of carboxylic acids is 1. The lowest BCUT2D eigenvalue weighted by atomic mass is 10.1. The normalized spacial score (nSPS) is 10.7. The van der Waals surface area contributed by atoms with Crippen LogP contribution in [0.15, 0.2) is 24.5 Å². The summed E-state index contributed by atoms with van der Waals surface area (Å²) in [6, 6.07) is 4.91. The van der Waals surface area contributed by atoms with E-state index in [0.29, 0.717) is 5.52 Å². The number of hydrogen-bond donors (Lipinski definition) is 2. The molecule has 0 saturated heterocycles. The summed E-state index contributed by atoms with van der Waals surface area (Å²) in [6.07, 6.45) is 7.11. The Morgan fingerprint density at radius 1 is 1.29 bits per heavy atom. The van der Waals surface area contributed by atoms with Crippen LogP contribution < -0.4 is 5.32 Å². The molecular formula is C15H19N3O2S. The number of carbonyl (C=O) groups is 1. The van der Waals surface area contributed by atoms with Crippen molar-refractivity contribution in [2.45, 2.75) is 19.3 Å². The molecule has 0 saturated carbocycles. The molecule has 2 rings (SSSR count). The third kappa shape index (κ3) is 4.32. The van der Waals surface area contributed by atoms with E-state index >= 15 is 0 Å². The van der Waals surface area contributed by atoms with Gasteiger partial charge in [0.05, 0.1) is 11.1 Å². The molecule has 1 heterocycles. The van der Waals surface area contributed by atoms with Crippen molar-refractivity contribution in [3.8, 4) is 0 Å². The van der Waals surface area contributed by atoms with Crippen LogP contribution in [0, 0.1) is 0 Å². The van der Waals surface area contributed by atoms with Crippen LogP contribution in [0.4, 0.5) is 5.82 Å². The molecule has 1 aromatic heterocycles. The van der Waals surface area contributed by atoms with E-state index in [1.165, 1.54) is 24.9 Å².